The number of hydrogen-bond donors (Lipinski definition) is 1. The second-order valence-electron chi connectivity index (χ2n) is 3.27. The Labute approximate surface area is 106 Å². The molecule has 0 atom stereocenters. The predicted octanol–water partition coefficient (Wildman–Crippen LogP) is 2.04. The van der Waals surface area contributed by atoms with E-state index in [1.807, 2.05) is 0 Å². The van der Waals surface area contributed by atoms with Crippen molar-refractivity contribution < 1.29 is 22.7 Å². The lowest BCUT2D eigenvalue weighted by Gasteiger charge is -2.08. The minimum absolute atomic E-state index is 0.0386. The Morgan fingerprint density at radius 1 is 1.44 bits per heavy atom. The van der Waals surface area contributed by atoms with Crippen LogP contribution in [0.2, 0.25) is 5.15 Å². The van der Waals surface area contributed by atoms with Crippen molar-refractivity contribution in [1.82, 2.24) is 10.3 Å². The van der Waals surface area contributed by atoms with E-state index in [4.69, 9.17) is 11.6 Å². The van der Waals surface area contributed by atoms with E-state index in [0.29, 0.717) is 0 Å². The smallest absolute Gasteiger partial charge is 0.370 e. The molecule has 1 aromatic heterocycles. The Balaban J connectivity index is 2.26. The largest absolute Gasteiger partial charge is 0.411 e. The Hall–Kier alpha value is -1.34. The summed E-state index contributed by atoms with van der Waals surface area (Å²) in [6, 6.07) is 4.49. The van der Waals surface area contributed by atoms with Crippen molar-refractivity contribution in [3.8, 4) is 0 Å². The molecule has 0 fully saturated rings. The topological polar surface area (TPSA) is 51.2 Å². The SMILES string of the molecule is O=C(NCCOCC(F)(F)F)c1cccc(Cl)n1. The van der Waals surface area contributed by atoms with Gasteiger partial charge in [-0.15, -0.1) is 0 Å². The van der Waals surface area contributed by atoms with Gasteiger partial charge < -0.3 is 10.1 Å². The number of rotatable bonds is 5. The molecule has 0 unspecified atom stereocenters. The standard InChI is InChI=1S/C10H10ClF3N2O2/c11-8-3-1-2-7(16-8)9(17)15-4-5-18-6-10(12,13)14/h1-3H,4-6H2,(H,15,17). The van der Waals surface area contributed by atoms with E-state index >= 15 is 0 Å². The van der Waals surface area contributed by atoms with Crippen molar-refractivity contribution in [1.29, 1.82) is 0 Å². The summed E-state index contributed by atoms with van der Waals surface area (Å²) in [7, 11) is 0. The van der Waals surface area contributed by atoms with Gasteiger partial charge in [0.25, 0.3) is 5.91 Å². The molecule has 0 saturated heterocycles. The molecule has 4 nitrogen and oxygen atoms in total. The van der Waals surface area contributed by atoms with E-state index in [-0.39, 0.29) is 24.0 Å². The van der Waals surface area contributed by atoms with Crippen LogP contribution in [0.1, 0.15) is 10.5 Å². The Kier molecular flexibility index (Phi) is 5.36. The first kappa shape index (κ1) is 14.7. The molecule has 1 rings (SSSR count). The molecule has 18 heavy (non-hydrogen) atoms. The van der Waals surface area contributed by atoms with Gasteiger partial charge in [0.15, 0.2) is 0 Å². The molecule has 1 heterocycles. The highest BCUT2D eigenvalue weighted by molar-refractivity contribution is 6.29. The molecule has 0 saturated carbocycles. The first-order chi connectivity index (χ1) is 8.38. The van der Waals surface area contributed by atoms with Crippen molar-refractivity contribution >= 4 is 17.5 Å². The van der Waals surface area contributed by atoms with Gasteiger partial charge in [-0.1, -0.05) is 17.7 Å². The van der Waals surface area contributed by atoms with Crippen LogP contribution in [0.4, 0.5) is 13.2 Å². The summed E-state index contributed by atoms with van der Waals surface area (Å²) in [5.41, 5.74) is 0.0957. The van der Waals surface area contributed by atoms with E-state index in [1.165, 1.54) is 12.1 Å². The van der Waals surface area contributed by atoms with Gasteiger partial charge in [0, 0.05) is 6.54 Å². The summed E-state index contributed by atoms with van der Waals surface area (Å²) in [6.45, 7) is -1.60. The maximum atomic E-state index is 11.7. The number of alkyl halides is 3. The van der Waals surface area contributed by atoms with Crippen LogP contribution in [-0.4, -0.2) is 36.8 Å². The predicted molar refractivity (Wildman–Crippen MR) is 58.5 cm³/mol. The number of halogens is 4. The zero-order valence-corrected chi connectivity index (χ0v) is 9.88. The molecule has 8 heteroatoms. The molecule has 1 aromatic rings. The average molecular weight is 283 g/mol. The highest BCUT2D eigenvalue weighted by Crippen LogP contribution is 2.13. The summed E-state index contributed by atoms with van der Waals surface area (Å²) < 4.78 is 39.5. The molecule has 1 amide bonds. The molecule has 0 aromatic carbocycles. The number of amides is 1. The quantitative estimate of drug-likeness (QED) is 0.664. The first-order valence-electron chi connectivity index (χ1n) is 4.94. The molecule has 0 bridgehead atoms. The molecular formula is C10H10ClF3N2O2. The summed E-state index contributed by atoms with van der Waals surface area (Å²) in [5.74, 6) is -0.520. The second kappa shape index (κ2) is 6.55. The van der Waals surface area contributed by atoms with Crippen LogP contribution in [-0.2, 0) is 4.74 Å². The maximum absolute atomic E-state index is 11.7. The van der Waals surface area contributed by atoms with Crippen LogP contribution < -0.4 is 5.32 Å². The van der Waals surface area contributed by atoms with Gasteiger partial charge in [-0.05, 0) is 12.1 Å². The molecule has 0 aliphatic rings. The van der Waals surface area contributed by atoms with Gasteiger partial charge in [-0.3, -0.25) is 4.79 Å². The minimum Gasteiger partial charge on any atom is -0.370 e. The lowest BCUT2D eigenvalue weighted by atomic mass is 10.3. The lowest BCUT2D eigenvalue weighted by molar-refractivity contribution is -0.173. The highest BCUT2D eigenvalue weighted by Gasteiger charge is 2.27. The zero-order chi connectivity index (χ0) is 13.6. The van der Waals surface area contributed by atoms with Crippen molar-refractivity contribution in [2.45, 2.75) is 6.18 Å². The molecule has 0 aliphatic heterocycles. The van der Waals surface area contributed by atoms with Crippen LogP contribution in [0.15, 0.2) is 18.2 Å². The van der Waals surface area contributed by atoms with Crippen molar-refractivity contribution in [3.05, 3.63) is 29.0 Å². The number of nitrogens with one attached hydrogen (secondary N) is 1. The maximum Gasteiger partial charge on any atom is 0.411 e. The fourth-order valence-corrected chi connectivity index (χ4v) is 1.21. The van der Waals surface area contributed by atoms with Gasteiger partial charge in [0.2, 0.25) is 0 Å². The van der Waals surface area contributed by atoms with Crippen LogP contribution in [0, 0.1) is 0 Å². The number of aromatic nitrogens is 1. The summed E-state index contributed by atoms with van der Waals surface area (Å²) in [6.07, 6.45) is -4.36. The van der Waals surface area contributed by atoms with Gasteiger partial charge >= 0.3 is 6.18 Å². The molecular weight excluding hydrogens is 273 g/mol. The number of carbonyl (C=O) groups excluding carboxylic acids is 1. The van der Waals surface area contributed by atoms with Gasteiger partial charge in [-0.25, -0.2) is 4.98 Å². The summed E-state index contributed by atoms with van der Waals surface area (Å²) >= 11 is 5.58. The third kappa shape index (κ3) is 5.83. The van der Waals surface area contributed by atoms with Crippen molar-refractivity contribution in [2.75, 3.05) is 19.8 Å². The Morgan fingerprint density at radius 2 is 2.17 bits per heavy atom. The number of hydrogen-bond acceptors (Lipinski definition) is 3. The van der Waals surface area contributed by atoms with E-state index in [2.05, 4.69) is 15.0 Å². The molecule has 100 valence electrons. The van der Waals surface area contributed by atoms with Crippen molar-refractivity contribution in [2.24, 2.45) is 0 Å². The van der Waals surface area contributed by atoms with Crippen LogP contribution in [0.3, 0.4) is 0 Å². The summed E-state index contributed by atoms with van der Waals surface area (Å²) in [4.78, 5) is 15.2. The van der Waals surface area contributed by atoms with Gasteiger partial charge in [-0.2, -0.15) is 13.2 Å². The van der Waals surface area contributed by atoms with Crippen molar-refractivity contribution in [3.63, 3.8) is 0 Å². The Bertz CT molecular complexity index is 412. The third-order valence-corrected chi connectivity index (χ3v) is 1.96. The zero-order valence-electron chi connectivity index (χ0n) is 9.13. The molecule has 1 N–H and O–H groups in total. The lowest BCUT2D eigenvalue weighted by Crippen LogP contribution is -2.29. The summed E-state index contributed by atoms with van der Waals surface area (Å²) in [5, 5.41) is 2.52. The number of carbonyl (C=O) groups is 1. The van der Waals surface area contributed by atoms with E-state index in [1.54, 1.807) is 6.07 Å². The minimum atomic E-state index is -4.36. The molecule has 0 radical (unpaired) electrons. The second-order valence-corrected chi connectivity index (χ2v) is 3.66. The fraction of sp³-hybridized carbons (Fsp3) is 0.400. The van der Waals surface area contributed by atoms with E-state index in [9.17, 15) is 18.0 Å². The van der Waals surface area contributed by atoms with Crippen LogP contribution in [0.5, 0.6) is 0 Å². The normalized spacial score (nSPS) is 11.3. The number of nitrogens with zero attached hydrogens (tertiary/aromatic N) is 1. The average Bonchev–Trinajstić information content (AvgIpc) is 2.26. The van der Waals surface area contributed by atoms with E-state index < -0.39 is 18.7 Å². The van der Waals surface area contributed by atoms with Gasteiger partial charge in [0.05, 0.1) is 6.61 Å². The van der Waals surface area contributed by atoms with Crippen LogP contribution >= 0.6 is 11.6 Å². The van der Waals surface area contributed by atoms with Gasteiger partial charge in [0.1, 0.15) is 17.5 Å². The first-order valence-corrected chi connectivity index (χ1v) is 5.31. The fourth-order valence-electron chi connectivity index (χ4n) is 1.05. The molecule has 0 spiro atoms. The van der Waals surface area contributed by atoms with Crippen LogP contribution in [0.25, 0.3) is 0 Å². The number of pyridine rings is 1. The van der Waals surface area contributed by atoms with E-state index in [0.717, 1.165) is 0 Å². The Morgan fingerprint density at radius 3 is 2.78 bits per heavy atom. The molecule has 0 aliphatic carbocycles. The third-order valence-electron chi connectivity index (χ3n) is 1.75. The number of ether oxygens (including phenoxy) is 1. The highest BCUT2D eigenvalue weighted by atomic mass is 35.5. The monoisotopic (exact) mass is 282 g/mol.